The number of aliphatic hydroxyl groups is 2. The first-order valence-corrected chi connectivity index (χ1v) is 14.2. The molecule has 2 aliphatic rings. The zero-order chi connectivity index (χ0) is 29.9. The highest BCUT2D eigenvalue weighted by Gasteiger charge is 2.63. The van der Waals surface area contributed by atoms with E-state index < -0.39 is 29.6 Å². The summed E-state index contributed by atoms with van der Waals surface area (Å²) in [5.74, 6) is -0.742. The lowest BCUT2D eigenvalue weighted by Crippen LogP contribution is -2.57. The summed E-state index contributed by atoms with van der Waals surface area (Å²) in [5.41, 5.74) is -2.87. The maximum atomic E-state index is 14.1. The molecular weight excluding hydrogens is 561 g/mol. The minimum atomic E-state index is -5.25. The van der Waals surface area contributed by atoms with Crippen LogP contribution in [-0.2, 0) is 10.4 Å². The van der Waals surface area contributed by atoms with Crippen LogP contribution in [0.15, 0.2) is 36.4 Å². The minimum Gasteiger partial charge on any atom is -0.481 e. The summed E-state index contributed by atoms with van der Waals surface area (Å²) in [6.45, 7) is 2.02. The van der Waals surface area contributed by atoms with Gasteiger partial charge in [-0.25, -0.2) is 4.98 Å². The number of anilines is 1. The van der Waals surface area contributed by atoms with Gasteiger partial charge in [0, 0.05) is 48.5 Å². The van der Waals surface area contributed by atoms with Gasteiger partial charge in [-0.05, 0) is 76.2 Å². The quantitative estimate of drug-likeness (QED) is 0.430. The number of piperidine rings is 2. The van der Waals surface area contributed by atoms with Crippen LogP contribution < -0.4 is 9.64 Å². The van der Waals surface area contributed by atoms with Crippen LogP contribution in [0.25, 0.3) is 0 Å². The number of hydrogen-bond donors (Lipinski definition) is 2. The lowest BCUT2D eigenvalue weighted by atomic mass is 9.82. The fourth-order valence-electron chi connectivity index (χ4n) is 5.81. The standard InChI is InChI=1S/C29H38ClF3N4O4/c1-35(2)26(38)22-8-7-21(18-23(22)30)36-13-9-19(10-14-36)17-20-11-15-37(16-12-20)27(39)28(40,29(31,32)33)24-5-4-6-25(34-24)41-3/h4-8,18-20,26,38,40H,9-17H2,1-3H3/t26?,28-/m1/s1. The van der Waals surface area contributed by atoms with Crippen molar-refractivity contribution in [3.63, 3.8) is 0 Å². The fourth-order valence-corrected chi connectivity index (χ4v) is 6.08. The number of hydrogen-bond acceptors (Lipinski definition) is 7. The van der Waals surface area contributed by atoms with Gasteiger partial charge in [-0.2, -0.15) is 13.2 Å². The van der Waals surface area contributed by atoms with Crippen LogP contribution in [0.2, 0.25) is 5.02 Å². The second-order valence-corrected chi connectivity index (χ2v) is 11.6. The lowest BCUT2D eigenvalue weighted by molar-refractivity contribution is -0.263. The van der Waals surface area contributed by atoms with Gasteiger partial charge in [0.15, 0.2) is 0 Å². The molecule has 41 heavy (non-hydrogen) atoms. The van der Waals surface area contributed by atoms with Gasteiger partial charge in [0.1, 0.15) is 6.23 Å². The molecule has 226 valence electrons. The third-order valence-corrected chi connectivity index (χ3v) is 8.65. The Kier molecular flexibility index (Phi) is 9.73. The van der Waals surface area contributed by atoms with E-state index in [0.29, 0.717) is 35.3 Å². The van der Waals surface area contributed by atoms with Gasteiger partial charge in [0.2, 0.25) is 5.88 Å². The summed E-state index contributed by atoms with van der Waals surface area (Å²) < 4.78 is 47.1. The highest BCUT2D eigenvalue weighted by Crippen LogP contribution is 2.41. The zero-order valence-corrected chi connectivity index (χ0v) is 24.3. The molecule has 0 aliphatic carbocycles. The second-order valence-electron chi connectivity index (χ2n) is 11.2. The third-order valence-electron chi connectivity index (χ3n) is 8.32. The number of halogens is 4. The zero-order valence-electron chi connectivity index (χ0n) is 23.6. The number of likely N-dealkylation sites (tertiary alicyclic amines) is 1. The normalized spacial score (nSPS) is 19.8. The van der Waals surface area contributed by atoms with E-state index in [9.17, 15) is 28.2 Å². The maximum Gasteiger partial charge on any atom is 0.432 e. The van der Waals surface area contributed by atoms with E-state index >= 15 is 0 Å². The smallest absolute Gasteiger partial charge is 0.432 e. The average molecular weight is 599 g/mol. The number of alkyl halides is 3. The van der Waals surface area contributed by atoms with Crippen LogP contribution in [-0.4, -0.2) is 84.5 Å². The first-order valence-electron chi connectivity index (χ1n) is 13.8. The molecule has 12 heteroatoms. The Hall–Kier alpha value is -2.60. The van der Waals surface area contributed by atoms with E-state index in [1.165, 1.54) is 19.2 Å². The van der Waals surface area contributed by atoms with Crippen LogP contribution in [0.1, 0.15) is 49.6 Å². The van der Waals surface area contributed by atoms with Crippen molar-refractivity contribution in [1.82, 2.24) is 14.8 Å². The predicted molar refractivity (Wildman–Crippen MR) is 150 cm³/mol. The summed E-state index contributed by atoms with van der Waals surface area (Å²) >= 11 is 6.45. The van der Waals surface area contributed by atoms with Crippen LogP contribution in [0, 0.1) is 11.8 Å². The summed E-state index contributed by atoms with van der Waals surface area (Å²) in [7, 11) is 4.81. The number of aromatic nitrogens is 1. The fraction of sp³-hybridized carbons (Fsp3) is 0.586. The predicted octanol–water partition coefficient (Wildman–Crippen LogP) is 4.59. The summed E-state index contributed by atoms with van der Waals surface area (Å²) in [6, 6.07) is 9.32. The number of aliphatic hydroxyl groups excluding tert-OH is 1. The molecule has 2 aromatic rings. The number of carbonyl (C=O) groups excluding carboxylic acids is 1. The molecule has 1 aromatic heterocycles. The molecule has 0 bridgehead atoms. The van der Waals surface area contributed by atoms with Gasteiger partial charge >= 0.3 is 6.18 Å². The Morgan fingerprint density at radius 2 is 1.71 bits per heavy atom. The SMILES string of the molecule is COc1cccc([C@@](O)(C(=O)N2CCC(CC3CCN(c4ccc(C(O)N(C)C)c(Cl)c4)CC3)CC2)C(F)(F)F)n1. The van der Waals surface area contributed by atoms with E-state index in [1.807, 2.05) is 18.2 Å². The summed E-state index contributed by atoms with van der Waals surface area (Å²) in [4.78, 5) is 21.9. The number of amides is 1. The lowest BCUT2D eigenvalue weighted by Gasteiger charge is -2.40. The molecule has 0 radical (unpaired) electrons. The van der Waals surface area contributed by atoms with E-state index in [4.69, 9.17) is 16.3 Å². The van der Waals surface area contributed by atoms with E-state index in [0.717, 1.165) is 49.0 Å². The highest BCUT2D eigenvalue weighted by molar-refractivity contribution is 6.31. The molecule has 2 fully saturated rings. The largest absolute Gasteiger partial charge is 0.481 e. The number of carbonyl (C=O) groups is 1. The number of methoxy groups -OCH3 is 1. The van der Waals surface area contributed by atoms with Crippen molar-refractivity contribution >= 4 is 23.2 Å². The summed E-state index contributed by atoms with van der Waals surface area (Å²) in [6.07, 6.45) is -1.95. The van der Waals surface area contributed by atoms with Crippen molar-refractivity contribution in [2.75, 3.05) is 52.3 Å². The molecule has 2 aliphatic heterocycles. The Labute approximate surface area is 243 Å². The Bertz CT molecular complexity index is 1200. The van der Waals surface area contributed by atoms with Crippen molar-refractivity contribution in [2.45, 2.75) is 50.1 Å². The molecule has 0 spiro atoms. The van der Waals surface area contributed by atoms with Gasteiger partial charge in [-0.1, -0.05) is 23.7 Å². The molecule has 1 amide bonds. The summed E-state index contributed by atoms with van der Waals surface area (Å²) in [5, 5.41) is 21.5. The van der Waals surface area contributed by atoms with Gasteiger partial charge in [0.05, 0.1) is 12.8 Å². The highest BCUT2D eigenvalue weighted by atomic mass is 35.5. The molecule has 1 aromatic carbocycles. The molecule has 4 rings (SSSR count). The second kappa shape index (κ2) is 12.7. The van der Waals surface area contributed by atoms with Crippen LogP contribution in [0.5, 0.6) is 5.88 Å². The number of pyridine rings is 1. The monoisotopic (exact) mass is 598 g/mol. The van der Waals surface area contributed by atoms with Crippen molar-refractivity contribution in [3.8, 4) is 5.88 Å². The number of nitrogens with zero attached hydrogens (tertiary/aromatic N) is 4. The van der Waals surface area contributed by atoms with Crippen molar-refractivity contribution in [1.29, 1.82) is 0 Å². The maximum absolute atomic E-state index is 14.1. The topological polar surface area (TPSA) is 89.4 Å². The number of benzene rings is 1. The molecule has 3 heterocycles. The average Bonchev–Trinajstić information content (AvgIpc) is 2.96. The van der Waals surface area contributed by atoms with E-state index in [-0.39, 0.29) is 19.0 Å². The molecule has 1 unspecified atom stereocenters. The first kappa shape index (κ1) is 31.3. The third kappa shape index (κ3) is 6.74. The van der Waals surface area contributed by atoms with Crippen molar-refractivity contribution in [3.05, 3.63) is 52.7 Å². The van der Waals surface area contributed by atoms with Crippen LogP contribution >= 0.6 is 11.6 Å². The van der Waals surface area contributed by atoms with Gasteiger partial charge in [0.25, 0.3) is 11.5 Å². The Morgan fingerprint density at radius 1 is 1.10 bits per heavy atom. The molecule has 0 saturated carbocycles. The van der Waals surface area contributed by atoms with E-state index in [1.54, 1.807) is 19.0 Å². The van der Waals surface area contributed by atoms with Crippen molar-refractivity contribution < 1.29 is 32.9 Å². The number of ether oxygens (including phenoxy) is 1. The van der Waals surface area contributed by atoms with E-state index in [2.05, 4.69) is 9.88 Å². The van der Waals surface area contributed by atoms with Crippen LogP contribution in [0.4, 0.5) is 18.9 Å². The van der Waals surface area contributed by atoms with Gasteiger partial charge in [-0.15, -0.1) is 0 Å². The van der Waals surface area contributed by atoms with Crippen LogP contribution in [0.3, 0.4) is 0 Å². The number of rotatable bonds is 8. The van der Waals surface area contributed by atoms with Gasteiger partial charge < -0.3 is 24.7 Å². The van der Waals surface area contributed by atoms with Crippen molar-refractivity contribution in [2.24, 2.45) is 11.8 Å². The molecule has 2 saturated heterocycles. The molecule has 2 N–H and O–H groups in total. The minimum absolute atomic E-state index is 0.119. The molecule has 8 nitrogen and oxygen atoms in total. The molecular formula is C29H38ClF3N4O4. The molecule has 2 atom stereocenters. The Morgan fingerprint density at radius 3 is 2.24 bits per heavy atom. The van der Waals surface area contributed by atoms with Gasteiger partial charge in [-0.3, -0.25) is 9.69 Å². The first-order chi connectivity index (χ1) is 19.3. The Balaban J connectivity index is 1.31.